The van der Waals surface area contributed by atoms with Crippen molar-refractivity contribution in [2.45, 2.75) is 0 Å². The van der Waals surface area contributed by atoms with E-state index in [9.17, 15) is 13.9 Å². The van der Waals surface area contributed by atoms with Crippen LogP contribution in [0.15, 0.2) is 66.9 Å². The number of halogens is 4. The summed E-state index contributed by atoms with van der Waals surface area (Å²) in [6.07, 6.45) is 1.50. The van der Waals surface area contributed by atoms with E-state index in [1.165, 1.54) is 10.9 Å². The Labute approximate surface area is 204 Å². The number of pyridine rings is 1. The number of rotatable bonds is 4. The first kappa shape index (κ1) is 21.5. The van der Waals surface area contributed by atoms with Crippen LogP contribution in [0.1, 0.15) is 0 Å². The Bertz CT molecular complexity index is 1500. The summed E-state index contributed by atoms with van der Waals surface area (Å²) < 4.78 is 35.5. The van der Waals surface area contributed by atoms with Gasteiger partial charge in [0.25, 0.3) is 0 Å². The molecule has 2 aromatic heterocycles. The molecule has 0 saturated carbocycles. The van der Waals surface area contributed by atoms with Gasteiger partial charge in [-0.1, -0.05) is 22.9 Å². The minimum atomic E-state index is -1.09. The average Bonchev–Trinajstić information content (AvgIpc) is 3.30. The Kier molecular flexibility index (Phi) is 5.59. The second-order valence-corrected chi connectivity index (χ2v) is 8.57. The molecule has 1 N–H and O–H groups in total. The smallest absolute Gasteiger partial charge is 0.187 e. The van der Waals surface area contributed by atoms with Crippen molar-refractivity contribution in [3.8, 4) is 34.3 Å². The van der Waals surface area contributed by atoms with Gasteiger partial charge in [0.15, 0.2) is 17.4 Å². The van der Waals surface area contributed by atoms with Crippen LogP contribution in [-0.2, 0) is 0 Å². The number of aromatic nitrogens is 4. The summed E-state index contributed by atoms with van der Waals surface area (Å²) in [5.41, 5.74) is 1.68. The van der Waals surface area contributed by atoms with Gasteiger partial charge in [0.2, 0.25) is 0 Å². The third-order valence-electron chi connectivity index (χ3n) is 4.83. The lowest BCUT2D eigenvalue weighted by molar-refractivity contribution is 0.395. The fraction of sp³-hybridized carbons (Fsp3) is 0. The molecule has 33 heavy (non-hydrogen) atoms. The fourth-order valence-electron chi connectivity index (χ4n) is 3.22. The summed E-state index contributed by atoms with van der Waals surface area (Å²) in [6.45, 7) is 0. The van der Waals surface area contributed by atoms with Crippen LogP contribution in [0.25, 0.3) is 28.0 Å². The monoisotopic (exact) mass is 576 g/mol. The second kappa shape index (κ2) is 8.56. The molecule has 0 unspecified atom stereocenters. The first-order valence-electron chi connectivity index (χ1n) is 9.53. The van der Waals surface area contributed by atoms with Crippen molar-refractivity contribution < 1.29 is 18.6 Å². The van der Waals surface area contributed by atoms with Gasteiger partial charge in [0, 0.05) is 21.1 Å². The predicted molar refractivity (Wildman–Crippen MR) is 128 cm³/mol. The van der Waals surface area contributed by atoms with Gasteiger partial charge >= 0.3 is 0 Å². The molecule has 0 fully saturated rings. The zero-order valence-electron chi connectivity index (χ0n) is 16.5. The number of nitrogens with zero attached hydrogens (tertiary/aromatic N) is 4. The summed E-state index contributed by atoms with van der Waals surface area (Å²) in [4.78, 5) is 4.63. The molecule has 5 aromatic rings. The quantitative estimate of drug-likeness (QED) is 0.247. The van der Waals surface area contributed by atoms with Gasteiger partial charge in [-0.25, -0.2) is 18.4 Å². The number of benzene rings is 3. The number of hydrogen-bond acceptors (Lipinski definition) is 5. The van der Waals surface area contributed by atoms with E-state index in [1.807, 2.05) is 30.3 Å². The highest BCUT2D eigenvalue weighted by molar-refractivity contribution is 14.1. The van der Waals surface area contributed by atoms with E-state index in [0.29, 0.717) is 33.4 Å². The average molecular weight is 577 g/mol. The third-order valence-corrected chi connectivity index (χ3v) is 6.37. The van der Waals surface area contributed by atoms with E-state index in [2.05, 4.69) is 37.9 Å². The summed E-state index contributed by atoms with van der Waals surface area (Å²) in [7, 11) is 0. The van der Waals surface area contributed by atoms with Crippen LogP contribution in [-0.4, -0.2) is 25.1 Å². The molecule has 5 rings (SSSR count). The summed E-state index contributed by atoms with van der Waals surface area (Å²) in [6, 6.07) is 16.5. The van der Waals surface area contributed by atoms with E-state index in [-0.39, 0.29) is 5.69 Å². The Balaban J connectivity index is 1.48. The maximum Gasteiger partial charge on any atom is 0.187 e. The molecule has 0 bridgehead atoms. The molecule has 0 radical (unpaired) electrons. The topological polar surface area (TPSA) is 73.1 Å². The lowest BCUT2D eigenvalue weighted by atomic mass is 10.1. The molecular formula is C23H12ClF2IN4O2. The van der Waals surface area contributed by atoms with Crippen LogP contribution in [0.5, 0.6) is 17.2 Å². The number of ether oxygens (including phenoxy) is 1. The predicted octanol–water partition coefficient (Wildman–Crippen LogP) is 6.52. The SMILES string of the molecule is Oc1c(F)cc(-n2cc(-c3ccc4c(Oc5ccc(Cl)c(I)c5)cccc4n3)nn2)cc1F. The van der Waals surface area contributed by atoms with Crippen LogP contribution in [0, 0.1) is 15.2 Å². The van der Waals surface area contributed by atoms with Crippen molar-refractivity contribution in [1.82, 2.24) is 20.0 Å². The number of aromatic hydroxyl groups is 1. The molecule has 0 aliphatic rings. The Morgan fingerprint density at radius 2 is 1.76 bits per heavy atom. The van der Waals surface area contributed by atoms with E-state index >= 15 is 0 Å². The van der Waals surface area contributed by atoms with Crippen molar-refractivity contribution >= 4 is 45.1 Å². The van der Waals surface area contributed by atoms with Crippen LogP contribution < -0.4 is 4.74 Å². The van der Waals surface area contributed by atoms with Crippen LogP contribution in [0.3, 0.4) is 0 Å². The molecule has 0 saturated heterocycles. The van der Waals surface area contributed by atoms with Gasteiger partial charge in [-0.2, -0.15) is 0 Å². The van der Waals surface area contributed by atoms with E-state index in [0.717, 1.165) is 21.1 Å². The maximum absolute atomic E-state index is 13.7. The third kappa shape index (κ3) is 4.21. The zero-order chi connectivity index (χ0) is 23.1. The highest BCUT2D eigenvalue weighted by Gasteiger charge is 2.14. The molecule has 0 atom stereocenters. The largest absolute Gasteiger partial charge is 0.503 e. The minimum absolute atomic E-state index is 0.0793. The molecule has 0 amide bonds. The molecule has 6 nitrogen and oxygen atoms in total. The number of hydrogen-bond donors (Lipinski definition) is 1. The molecule has 3 aromatic carbocycles. The molecule has 164 valence electrons. The Morgan fingerprint density at radius 1 is 0.970 bits per heavy atom. The highest BCUT2D eigenvalue weighted by Crippen LogP contribution is 2.33. The van der Waals surface area contributed by atoms with Crippen LogP contribution >= 0.6 is 34.2 Å². The summed E-state index contributed by atoms with van der Waals surface area (Å²) in [5.74, 6) is -1.94. The lowest BCUT2D eigenvalue weighted by Crippen LogP contribution is -1.97. The Morgan fingerprint density at radius 3 is 2.52 bits per heavy atom. The van der Waals surface area contributed by atoms with Gasteiger partial charge < -0.3 is 9.84 Å². The molecule has 0 aliphatic heterocycles. The number of fused-ring (bicyclic) bond motifs is 1. The van der Waals surface area contributed by atoms with Crippen molar-refractivity contribution in [2.24, 2.45) is 0 Å². The number of phenols is 1. The van der Waals surface area contributed by atoms with Gasteiger partial charge in [-0.3, -0.25) is 0 Å². The van der Waals surface area contributed by atoms with Crippen molar-refractivity contribution in [2.75, 3.05) is 0 Å². The standard InChI is InChI=1S/C23H12ClF2IN4O2/c24-15-6-4-13(10-18(15)27)33-22-3-1-2-19-14(22)5-7-20(28-19)21-11-31(30-29-21)12-8-16(25)23(32)17(26)9-12/h1-11,32H. The second-order valence-electron chi connectivity index (χ2n) is 7.00. The lowest BCUT2D eigenvalue weighted by Gasteiger charge is -2.10. The first-order valence-corrected chi connectivity index (χ1v) is 11.0. The van der Waals surface area contributed by atoms with Crippen molar-refractivity contribution in [3.63, 3.8) is 0 Å². The summed E-state index contributed by atoms with van der Waals surface area (Å²) in [5, 5.41) is 18.7. The van der Waals surface area contributed by atoms with Gasteiger partial charge in [-0.15, -0.1) is 5.10 Å². The number of phenolic OH excluding ortho intramolecular Hbond substituents is 1. The minimum Gasteiger partial charge on any atom is -0.503 e. The van der Waals surface area contributed by atoms with Crippen LogP contribution in [0.4, 0.5) is 8.78 Å². The van der Waals surface area contributed by atoms with Gasteiger partial charge in [0.05, 0.1) is 28.1 Å². The van der Waals surface area contributed by atoms with E-state index in [1.54, 1.807) is 18.2 Å². The van der Waals surface area contributed by atoms with Gasteiger partial charge in [-0.05, 0) is 65.1 Å². The maximum atomic E-state index is 13.7. The first-order chi connectivity index (χ1) is 15.9. The zero-order valence-corrected chi connectivity index (χ0v) is 19.4. The van der Waals surface area contributed by atoms with Gasteiger partial charge in [0.1, 0.15) is 17.2 Å². The van der Waals surface area contributed by atoms with Crippen molar-refractivity contribution in [3.05, 3.63) is 87.1 Å². The van der Waals surface area contributed by atoms with Crippen LogP contribution in [0.2, 0.25) is 5.02 Å². The molecule has 0 spiro atoms. The molecule has 10 heteroatoms. The molecular weight excluding hydrogens is 565 g/mol. The molecule has 2 heterocycles. The normalized spacial score (nSPS) is 11.2. The fourth-order valence-corrected chi connectivity index (χ4v) is 3.82. The Hall–Kier alpha value is -3.31. The van der Waals surface area contributed by atoms with E-state index in [4.69, 9.17) is 16.3 Å². The van der Waals surface area contributed by atoms with Crippen molar-refractivity contribution in [1.29, 1.82) is 0 Å². The highest BCUT2D eigenvalue weighted by atomic mass is 127. The molecule has 0 aliphatic carbocycles. The van der Waals surface area contributed by atoms with E-state index < -0.39 is 17.4 Å². The summed E-state index contributed by atoms with van der Waals surface area (Å²) >= 11 is 8.22.